The Morgan fingerprint density at radius 2 is 1.95 bits per heavy atom. The maximum absolute atomic E-state index is 12.7. The van der Waals surface area contributed by atoms with Crippen LogP contribution in [0.4, 0.5) is 19.1 Å². The number of nitrogen functional groups attached to an aromatic ring is 1. The molecule has 2 aromatic rings. The maximum Gasteiger partial charge on any atom is 0.417 e. The Morgan fingerprint density at radius 1 is 1.29 bits per heavy atom. The summed E-state index contributed by atoms with van der Waals surface area (Å²) < 4.78 is 39.3. The number of halogens is 4. The van der Waals surface area contributed by atoms with Gasteiger partial charge in [0.2, 0.25) is 0 Å². The number of nitrogens with one attached hydrogen (secondary N) is 1. The second kappa shape index (κ2) is 6.44. The standard InChI is InChI=1S/C11H11F3N6.ClH/c1-7-17-19-10(20(7)15)18-16-6-8-4-2-3-5-9(8)11(12,13)14;/h2-6H,15H2,1H3,(H,18,19);1H/p-1. The number of anilines is 1. The van der Waals surface area contributed by atoms with Crippen LogP contribution in [0.25, 0.3) is 0 Å². The minimum Gasteiger partial charge on any atom is -1.00 e. The Morgan fingerprint density at radius 3 is 2.52 bits per heavy atom. The molecule has 1 heterocycles. The lowest BCUT2D eigenvalue weighted by molar-refractivity contribution is -0.137. The van der Waals surface area contributed by atoms with Gasteiger partial charge in [-0.2, -0.15) is 18.3 Å². The second-order valence-electron chi connectivity index (χ2n) is 3.90. The fraction of sp³-hybridized carbons (Fsp3) is 0.182. The molecule has 0 atom stereocenters. The lowest BCUT2D eigenvalue weighted by Crippen LogP contribution is -3.00. The van der Waals surface area contributed by atoms with Gasteiger partial charge in [-0.3, -0.25) is 0 Å². The summed E-state index contributed by atoms with van der Waals surface area (Å²) >= 11 is 0. The Bertz CT molecular complexity index is 637. The lowest BCUT2D eigenvalue weighted by atomic mass is 10.1. The Kier molecular flexibility index (Phi) is 5.14. The summed E-state index contributed by atoms with van der Waals surface area (Å²) in [6.45, 7) is 1.63. The second-order valence-corrected chi connectivity index (χ2v) is 3.90. The van der Waals surface area contributed by atoms with E-state index < -0.39 is 11.7 Å². The monoisotopic (exact) mass is 319 g/mol. The summed E-state index contributed by atoms with van der Waals surface area (Å²) in [6.07, 6.45) is -3.39. The molecule has 0 unspecified atom stereocenters. The van der Waals surface area contributed by atoms with Gasteiger partial charge in [0, 0.05) is 5.56 Å². The van der Waals surface area contributed by atoms with Crippen molar-refractivity contribution in [3.05, 3.63) is 41.2 Å². The van der Waals surface area contributed by atoms with E-state index in [1.165, 1.54) is 18.2 Å². The van der Waals surface area contributed by atoms with Gasteiger partial charge in [0.05, 0.1) is 11.8 Å². The normalized spacial score (nSPS) is 11.4. The van der Waals surface area contributed by atoms with Gasteiger partial charge in [-0.25, -0.2) is 10.1 Å². The van der Waals surface area contributed by atoms with Crippen LogP contribution in [0.15, 0.2) is 29.4 Å². The van der Waals surface area contributed by atoms with Gasteiger partial charge in [-0.1, -0.05) is 18.2 Å². The quantitative estimate of drug-likeness (QED) is 0.422. The molecule has 0 saturated carbocycles. The van der Waals surface area contributed by atoms with Crippen molar-refractivity contribution < 1.29 is 25.6 Å². The van der Waals surface area contributed by atoms with E-state index in [2.05, 4.69) is 20.7 Å². The molecule has 0 radical (unpaired) electrons. The summed E-state index contributed by atoms with van der Waals surface area (Å²) in [5.41, 5.74) is 1.60. The lowest BCUT2D eigenvalue weighted by Gasteiger charge is -2.09. The van der Waals surface area contributed by atoms with E-state index in [-0.39, 0.29) is 23.9 Å². The molecule has 10 heteroatoms. The first-order valence-corrected chi connectivity index (χ1v) is 5.52. The minimum atomic E-state index is -4.44. The van der Waals surface area contributed by atoms with Crippen LogP contribution in [0.1, 0.15) is 17.0 Å². The number of nitrogens with two attached hydrogens (primary N) is 1. The minimum absolute atomic E-state index is 0. The van der Waals surface area contributed by atoms with Crippen molar-refractivity contribution in [2.75, 3.05) is 11.3 Å². The molecule has 0 amide bonds. The molecule has 1 aromatic carbocycles. The van der Waals surface area contributed by atoms with E-state index in [9.17, 15) is 13.2 Å². The molecular formula is C11H11ClF3N6-. The van der Waals surface area contributed by atoms with E-state index in [4.69, 9.17) is 5.84 Å². The molecule has 0 aliphatic carbocycles. The number of aryl methyl sites for hydroxylation is 1. The van der Waals surface area contributed by atoms with Crippen molar-refractivity contribution in [1.82, 2.24) is 14.9 Å². The first-order chi connectivity index (χ1) is 9.39. The number of alkyl halides is 3. The van der Waals surface area contributed by atoms with Crippen molar-refractivity contribution >= 4 is 12.2 Å². The van der Waals surface area contributed by atoms with Crippen LogP contribution in [-0.4, -0.2) is 21.1 Å². The topological polar surface area (TPSA) is 81.1 Å². The number of benzene rings is 1. The number of hydrogen-bond donors (Lipinski definition) is 2. The summed E-state index contributed by atoms with van der Waals surface area (Å²) in [5.74, 6) is 6.13. The Balaban J connectivity index is 0.00000220. The van der Waals surface area contributed by atoms with Crippen LogP contribution in [0.3, 0.4) is 0 Å². The molecule has 0 fully saturated rings. The van der Waals surface area contributed by atoms with Gasteiger partial charge >= 0.3 is 6.18 Å². The molecule has 6 nitrogen and oxygen atoms in total. The number of aromatic nitrogens is 3. The first kappa shape index (κ1) is 16.8. The zero-order valence-corrected chi connectivity index (χ0v) is 11.5. The highest BCUT2D eigenvalue weighted by Gasteiger charge is 2.32. The smallest absolute Gasteiger partial charge is 0.417 e. The van der Waals surface area contributed by atoms with Gasteiger partial charge in [0.1, 0.15) is 0 Å². The van der Waals surface area contributed by atoms with E-state index >= 15 is 0 Å². The average Bonchev–Trinajstić information content (AvgIpc) is 2.70. The highest BCUT2D eigenvalue weighted by Crippen LogP contribution is 2.31. The highest BCUT2D eigenvalue weighted by atomic mass is 35.5. The van der Waals surface area contributed by atoms with Crippen LogP contribution >= 0.6 is 0 Å². The van der Waals surface area contributed by atoms with Crippen LogP contribution in [0.5, 0.6) is 0 Å². The van der Waals surface area contributed by atoms with E-state index in [0.29, 0.717) is 5.82 Å². The number of hydrogen-bond acceptors (Lipinski definition) is 5. The molecule has 21 heavy (non-hydrogen) atoms. The van der Waals surface area contributed by atoms with Gasteiger partial charge in [0.15, 0.2) is 5.82 Å². The van der Waals surface area contributed by atoms with Crippen LogP contribution in [0, 0.1) is 6.92 Å². The van der Waals surface area contributed by atoms with Gasteiger partial charge in [-0.15, -0.1) is 10.2 Å². The number of hydrazone groups is 1. The fourth-order valence-electron chi connectivity index (χ4n) is 1.47. The van der Waals surface area contributed by atoms with Crippen molar-refractivity contribution in [3.63, 3.8) is 0 Å². The summed E-state index contributed by atoms with van der Waals surface area (Å²) in [5, 5.41) is 11.0. The maximum atomic E-state index is 12.7. The molecule has 0 bridgehead atoms. The molecule has 0 saturated heterocycles. The fourth-order valence-corrected chi connectivity index (χ4v) is 1.47. The van der Waals surface area contributed by atoms with Crippen LogP contribution in [0.2, 0.25) is 0 Å². The van der Waals surface area contributed by atoms with Crippen molar-refractivity contribution in [1.29, 1.82) is 0 Å². The van der Waals surface area contributed by atoms with E-state index in [1.54, 1.807) is 6.92 Å². The van der Waals surface area contributed by atoms with E-state index in [1.807, 2.05) is 0 Å². The predicted octanol–water partition coefficient (Wildman–Crippen LogP) is -1.23. The van der Waals surface area contributed by atoms with Gasteiger partial charge in [0.25, 0.3) is 5.95 Å². The summed E-state index contributed by atoms with van der Waals surface area (Å²) in [7, 11) is 0. The predicted molar refractivity (Wildman–Crippen MR) is 67.6 cm³/mol. The summed E-state index contributed by atoms with van der Waals surface area (Å²) in [6, 6.07) is 5.10. The first-order valence-electron chi connectivity index (χ1n) is 5.52. The largest absolute Gasteiger partial charge is 1.00 e. The molecule has 0 spiro atoms. The van der Waals surface area contributed by atoms with Crippen molar-refractivity contribution in [3.8, 4) is 0 Å². The zero-order chi connectivity index (χ0) is 14.8. The SMILES string of the molecule is Cc1nnc(NN=Cc2ccccc2C(F)(F)F)n1N.[Cl-]. The molecule has 1 aromatic heterocycles. The Hall–Kier alpha value is -2.29. The van der Waals surface area contributed by atoms with Crippen LogP contribution in [-0.2, 0) is 6.18 Å². The molecular weight excluding hydrogens is 309 g/mol. The third-order valence-electron chi connectivity index (χ3n) is 2.50. The van der Waals surface area contributed by atoms with Crippen molar-refractivity contribution in [2.45, 2.75) is 13.1 Å². The Labute approximate surface area is 124 Å². The van der Waals surface area contributed by atoms with Gasteiger partial charge < -0.3 is 18.2 Å². The molecule has 0 aliphatic heterocycles. The average molecular weight is 320 g/mol. The zero-order valence-electron chi connectivity index (χ0n) is 10.8. The third kappa shape index (κ3) is 3.85. The number of nitrogens with zero attached hydrogens (tertiary/aromatic N) is 4. The molecule has 114 valence electrons. The molecule has 0 aliphatic rings. The van der Waals surface area contributed by atoms with Gasteiger partial charge in [-0.05, 0) is 13.0 Å². The highest BCUT2D eigenvalue weighted by molar-refractivity contribution is 5.82. The molecule has 3 N–H and O–H groups in total. The number of rotatable bonds is 3. The third-order valence-corrected chi connectivity index (χ3v) is 2.50. The van der Waals surface area contributed by atoms with Crippen molar-refractivity contribution in [2.24, 2.45) is 5.10 Å². The van der Waals surface area contributed by atoms with Crippen LogP contribution < -0.4 is 23.7 Å². The molecule has 2 rings (SSSR count). The van der Waals surface area contributed by atoms with E-state index in [0.717, 1.165) is 17.0 Å². The summed E-state index contributed by atoms with van der Waals surface area (Å²) in [4.78, 5) is 0.